The first kappa shape index (κ1) is 36.6. The summed E-state index contributed by atoms with van der Waals surface area (Å²) in [6.07, 6.45) is 3.69. The van der Waals surface area contributed by atoms with Gasteiger partial charge in [-0.3, -0.25) is 4.98 Å². The predicted molar refractivity (Wildman–Crippen MR) is 259 cm³/mol. The summed E-state index contributed by atoms with van der Waals surface area (Å²) in [6.45, 7) is 4.75. The van der Waals surface area contributed by atoms with Crippen LogP contribution in [0.25, 0.3) is 89.8 Å². The van der Waals surface area contributed by atoms with Crippen molar-refractivity contribution in [1.29, 1.82) is 0 Å². The highest BCUT2D eigenvalue weighted by Crippen LogP contribution is 2.64. The van der Waals surface area contributed by atoms with E-state index in [9.17, 15) is 0 Å². The monoisotopic (exact) mass is 816 g/mol. The van der Waals surface area contributed by atoms with Crippen molar-refractivity contribution < 1.29 is 0 Å². The molecule has 1 atom stereocenters. The molecule has 3 aliphatic carbocycles. The molecule has 0 saturated carbocycles. The topological polar surface area (TPSA) is 51.6 Å². The van der Waals surface area contributed by atoms with Gasteiger partial charge in [-0.1, -0.05) is 184 Å². The Morgan fingerprint density at radius 3 is 1.38 bits per heavy atom. The molecule has 0 N–H and O–H groups in total. The van der Waals surface area contributed by atoms with Crippen molar-refractivity contribution in [3.05, 3.63) is 240 Å². The molecule has 2 aromatic heterocycles. The molecule has 0 radical (unpaired) electrons. The van der Waals surface area contributed by atoms with Gasteiger partial charge < -0.3 is 0 Å². The van der Waals surface area contributed by atoms with Gasteiger partial charge in [0, 0.05) is 34.5 Å². The third-order valence-corrected chi connectivity index (χ3v) is 14.1. The van der Waals surface area contributed by atoms with Gasteiger partial charge in [-0.15, -0.1) is 0 Å². The van der Waals surface area contributed by atoms with Crippen LogP contribution in [0.2, 0.25) is 0 Å². The van der Waals surface area contributed by atoms with Gasteiger partial charge in [-0.2, -0.15) is 0 Å². The lowest BCUT2D eigenvalue weighted by atomic mass is 9.65. The zero-order valence-corrected chi connectivity index (χ0v) is 35.4. The number of benzene rings is 8. The third-order valence-electron chi connectivity index (χ3n) is 14.1. The van der Waals surface area contributed by atoms with Crippen LogP contribution in [-0.4, -0.2) is 19.9 Å². The van der Waals surface area contributed by atoms with Crippen molar-refractivity contribution in [1.82, 2.24) is 19.9 Å². The summed E-state index contributed by atoms with van der Waals surface area (Å²) in [5.41, 5.74) is 22.0. The Labute approximate surface area is 372 Å². The lowest BCUT2D eigenvalue weighted by Gasteiger charge is -2.36. The van der Waals surface area contributed by atoms with Crippen LogP contribution in [0, 0.1) is 0 Å². The molecule has 4 nitrogen and oxygen atoms in total. The number of fused-ring (bicyclic) bond motifs is 15. The first-order valence-electron chi connectivity index (χ1n) is 22.0. The van der Waals surface area contributed by atoms with Crippen molar-refractivity contribution in [2.75, 3.05) is 0 Å². The lowest BCUT2D eigenvalue weighted by Crippen LogP contribution is -2.29. The van der Waals surface area contributed by atoms with Crippen LogP contribution in [0.4, 0.5) is 0 Å². The second-order valence-corrected chi connectivity index (χ2v) is 17.8. The average molecular weight is 817 g/mol. The molecule has 0 amide bonds. The van der Waals surface area contributed by atoms with E-state index in [4.69, 9.17) is 15.0 Å². The van der Waals surface area contributed by atoms with Crippen molar-refractivity contribution in [3.63, 3.8) is 0 Å². The molecule has 10 aromatic rings. The smallest absolute Gasteiger partial charge is 0.164 e. The van der Waals surface area contributed by atoms with Gasteiger partial charge in [0.1, 0.15) is 0 Å². The maximum atomic E-state index is 5.32. The summed E-state index contributed by atoms with van der Waals surface area (Å²) in [5, 5.41) is 0. The summed E-state index contributed by atoms with van der Waals surface area (Å²) in [4.78, 5) is 20.1. The van der Waals surface area contributed by atoms with Gasteiger partial charge in [0.25, 0.3) is 0 Å². The van der Waals surface area contributed by atoms with Crippen molar-refractivity contribution in [3.8, 4) is 89.8 Å². The number of hydrogen-bond donors (Lipinski definition) is 0. The fourth-order valence-electron chi connectivity index (χ4n) is 11.1. The molecule has 64 heavy (non-hydrogen) atoms. The lowest BCUT2D eigenvalue weighted by molar-refractivity contribution is 0.660. The van der Waals surface area contributed by atoms with Crippen LogP contribution < -0.4 is 0 Å². The zero-order chi connectivity index (χ0) is 42.6. The van der Waals surface area contributed by atoms with Crippen LogP contribution in [0.1, 0.15) is 47.2 Å². The molecule has 0 aliphatic heterocycles. The van der Waals surface area contributed by atoms with Crippen LogP contribution in [0.3, 0.4) is 0 Å². The summed E-state index contributed by atoms with van der Waals surface area (Å²) in [5.74, 6) is 1.88. The fourth-order valence-corrected chi connectivity index (χ4v) is 11.1. The Hall–Kier alpha value is -8.08. The number of pyridine rings is 1. The predicted octanol–water partition coefficient (Wildman–Crippen LogP) is 14.3. The summed E-state index contributed by atoms with van der Waals surface area (Å²) in [6, 6.07) is 70.8. The van der Waals surface area contributed by atoms with E-state index >= 15 is 0 Å². The number of aromatic nitrogens is 4. The van der Waals surface area contributed by atoms with E-state index in [2.05, 4.69) is 189 Å². The summed E-state index contributed by atoms with van der Waals surface area (Å²) >= 11 is 0. The minimum atomic E-state index is -0.677. The molecular weight excluding hydrogens is 777 g/mol. The fraction of sp³-hybridized carbons (Fsp3) is 0.0667. The zero-order valence-electron chi connectivity index (χ0n) is 35.4. The van der Waals surface area contributed by atoms with Gasteiger partial charge in [0.05, 0.1) is 5.41 Å². The molecular formula is C60H40N4. The molecule has 0 fully saturated rings. The van der Waals surface area contributed by atoms with E-state index in [-0.39, 0.29) is 5.41 Å². The van der Waals surface area contributed by atoms with Crippen molar-refractivity contribution in [2.45, 2.75) is 24.7 Å². The van der Waals surface area contributed by atoms with E-state index in [1.807, 2.05) is 30.5 Å². The second kappa shape index (κ2) is 13.7. The van der Waals surface area contributed by atoms with Gasteiger partial charge in [0.15, 0.2) is 17.5 Å². The Balaban J connectivity index is 1.10. The molecule has 4 heteroatoms. The number of hydrogen-bond acceptors (Lipinski definition) is 4. The van der Waals surface area contributed by atoms with E-state index in [1.165, 1.54) is 77.9 Å². The highest BCUT2D eigenvalue weighted by atomic mass is 15.0. The van der Waals surface area contributed by atoms with Gasteiger partial charge >= 0.3 is 0 Å². The van der Waals surface area contributed by atoms with E-state index in [1.54, 1.807) is 6.20 Å². The Bertz CT molecular complexity index is 3520. The molecule has 0 saturated heterocycles. The standard InChI is InChI=1S/C60H40N4/c1-59(2)50-23-11-8-21-45(50)48-35-55-49(34-53(48)59)46-22-10-13-25-52(46)60(55)51-24-12-9-20-44(51)42-18-6-7-19-43(42)47-31-30-40(33-54(47)60)58-63-56(38-15-4-3-5-16-38)62-57(64-58)39-28-26-37(27-29-39)41-17-14-32-61-36-41/h3-36H,1-2H3. The molecule has 300 valence electrons. The highest BCUT2D eigenvalue weighted by molar-refractivity contribution is 5.99. The number of nitrogens with zero attached hydrogens (tertiary/aromatic N) is 4. The molecule has 3 aliphatic rings. The van der Waals surface area contributed by atoms with Gasteiger partial charge in [-0.25, -0.2) is 15.0 Å². The molecule has 2 heterocycles. The van der Waals surface area contributed by atoms with E-state index in [0.29, 0.717) is 17.5 Å². The van der Waals surface area contributed by atoms with Gasteiger partial charge in [0.2, 0.25) is 0 Å². The molecule has 0 bridgehead atoms. The largest absolute Gasteiger partial charge is 0.264 e. The molecule has 13 rings (SSSR count). The van der Waals surface area contributed by atoms with E-state index in [0.717, 1.165) is 27.8 Å². The first-order chi connectivity index (χ1) is 31.5. The van der Waals surface area contributed by atoms with Crippen LogP contribution in [-0.2, 0) is 10.8 Å². The normalized spacial score (nSPS) is 15.5. The third kappa shape index (κ3) is 5.17. The summed E-state index contributed by atoms with van der Waals surface area (Å²) in [7, 11) is 0. The highest BCUT2D eigenvalue weighted by Gasteiger charge is 2.51. The Kier molecular flexibility index (Phi) is 7.83. The first-order valence-corrected chi connectivity index (χ1v) is 22.0. The molecule has 1 spiro atoms. The van der Waals surface area contributed by atoms with Crippen molar-refractivity contribution >= 4 is 0 Å². The maximum absolute atomic E-state index is 5.32. The second-order valence-electron chi connectivity index (χ2n) is 17.8. The average Bonchev–Trinajstić information content (AvgIpc) is 3.73. The summed E-state index contributed by atoms with van der Waals surface area (Å²) < 4.78 is 0. The number of rotatable bonds is 4. The van der Waals surface area contributed by atoms with Crippen LogP contribution >= 0.6 is 0 Å². The van der Waals surface area contributed by atoms with Crippen molar-refractivity contribution in [2.24, 2.45) is 0 Å². The molecule has 1 unspecified atom stereocenters. The minimum Gasteiger partial charge on any atom is -0.264 e. The minimum absolute atomic E-state index is 0.139. The Morgan fingerprint density at radius 2 is 0.734 bits per heavy atom. The SMILES string of the molecule is CC1(C)c2ccccc2-c2cc3c(cc21)-c1ccccc1C31c2ccccc2-c2ccccc2-c2ccc(-c3nc(-c4ccccc4)nc(-c4ccc(-c5cccnc5)cc4)n3)cc21. The van der Waals surface area contributed by atoms with Crippen LogP contribution in [0.15, 0.2) is 207 Å². The quantitative estimate of drug-likeness (QED) is 0.178. The van der Waals surface area contributed by atoms with Crippen LogP contribution in [0.5, 0.6) is 0 Å². The van der Waals surface area contributed by atoms with Gasteiger partial charge in [-0.05, 0) is 113 Å². The maximum Gasteiger partial charge on any atom is 0.164 e. The molecule has 8 aromatic carbocycles. The van der Waals surface area contributed by atoms with E-state index < -0.39 is 5.41 Å². The Morgan fingerprint density at radius 1 is 0.297 bits per heavy atom.